The molecule has 0 fully saturated rings. The van der Waals surface area contributed by atoms with Gasteiger partial charge in [0.2, 0.25) is 0 Å². The maximum Gasteiger partial charge on any atom is 0.0717 e. The van der Waals surface area contributed by atoms with Gasteiger partial charge in [0, 0.05) is 5.92 Å². The summed E-state index contributed by atoms with van der Waals surface area (Å²) in [7, 11) is 0. The Hall–Kier alpha value is -0.860. The predicted molar refractivity (Wildman–Crippen MR) is 61.6 cm³/mol. The molecule has 15 heavy (non-hydrogen) atoms. The molecule has 0 amide bonds. The lowest BCUT2D eigenvalue weighted by Crippen LogP contribution is -2.31. The first kappa shape index (κ1) is 12.2. The fraction of sp³-hybridized carbons (Fsp3) is 0.538. The van der Waals surface area contributed by atoms with Gasteiger partial charge in [-0.15, -0.1) is 0 Å². The fourth-order valence-electron chi connectivity index (χ4n) is 1.13. The Labute approximate surface area is 91.9 Å². The van der Waals surface area contributed by atoms with Gasteiger partial charge >= 0.3 is 0 Å². The highest BCUT2D eigenvalue weighted by Gasteiger charge is 2.21. The van der Waals surface area contributed by atoms with E-state index in [2.05, 4.69) is 0 Å². The molecule has 0 aliphatic carbocycles. The molecular weight excluding hydrogens is 188 g/mol. The third-order valence-electron chi connectivity index (χ3n) is 2.69. The van der Waals surface area contributed by atoms with Crippen molar-refractivity contribution in [1.82, 2.24) is 0 Å². The van der Waals surface area contributed by atoms with E-state index in [0.29, 0.717) is 13.2 Å². The van der Waals surface area contributed by atoms with Gasteiger partial charge in [-0.1, -0.05) is 37.3 Å². The van der Waals surface area contributed by atoms with Crippen molar-refractivity contribution in [1.29, 1.82) is 0 Å². The quantitative estimate of drug-likeness (QED) is 0.806. The van der Waals surface area contributed by atoms with Crippen molar-refractivity contribution in [3.05, 3.63) is 35.9 Å². The molecule has 2 heteroatoms. The van der Waals surface area contributed by atoms with Crippen LogP contribution in [0.3, 0.4) is 0 Å². The van der Waals surface area contributed by atoms with Crippen molar-refractivity contribution in [3.63, 3.8) is 0 Å². The molecule has 0 spiro atoms. The minimum atomic E-state index is -0.670. The molecule has 0 aromatic heterocycles. The van der Waals surface area contributed by atoms with Gasteiger partial charge in [-0.2, -0.15) is 0 Å². The van der Waals surface area contributed by atoms with Crippen LogP contribution in [0.1, 0.15) is 26.3 Å². The zero-order valence-electron chi connectivity index (χ0n) is 9.73. The van der Waals surface area contributed by atoms with Crippen LogP contribution in [-0.2, 0) is 11.3 Å². The van der Waals surface area contributed by atoms with E-state index in [1.54, 1.807) is 0 Å². The van der Waals surface area contributed by atoms with Crippen LogP contribution in [0.25, 0.3) is 0 Å². The van der Waals surface area contributed by atoms with Gasteiger partial charge < -0.3 is 9.84 Å². The SMILES string of the molecule is C[C@H](COCc1ccccc1)C(C)(C)O. The molecule has 2 nitrogen and oxygen atoms in total. The third kappa shape index (κ3) is 4.45. The molecule has 1 aromatic rings. The van der Waals surface area contributed by atoms with Crippen molar-refractivity contribution in [2.45, 2.75) is 33.0 Å². The molecule has 0 saturated carbocycles. The zero-order chi connectivity index (χ0) is 11.3. The van der Waals surface area contributed by atoms with Crippen LogP contribution in [0.2, 0.25) is 0 Å². The molecule has 0 bridgehead atoms. The predicted octanol–water partition coefficient (Wildman–Crippen LogP) is 2.61. The standard InChI is InChI=1S/C13H20O2/c1-11(13(2,3)14)9-15-10-12-7-5-4-6-8-12/h4-8,11,14H,9-10H2,1-3H3/t11-/m1/s1. The lowest BCUT2D eigenvalue weighted by atomic mass is 9.94. The van der Waals surface area contributed by atoms with Gasteiger partial charge in [0.05, 0.1) is 18.8 Å². The van der Waals surface area contributed by atoms with E-state index in [1.165, 1.54) is 5.56 Å². The average Bonchev–Trinajstić information content (AvgIpc) is 2.18. The summed E-state index contributed by atoms with van der Waals surface area (Å²) in [6, 6.07) is 10.1. The Balaban J connectivity index is 2.28. The summed E-state index contributed by atoms with van der Waals surface area (Å²) in [4.78, 5) is 0. The van der Waals surface area contributed by atoms with Crippen LogP contribution in [0.4, 0.5) is 0 Å². The summed E-state index contributed by atoms with van der Waals surface area (Å²) in [6.07, 6.45) is 0. The number of aliphatic hydroxyl groups is 1. The molecule has 0 aliphatic rings. The van der Waals surface area contributed by atoms with E-state index in [1.807, 2.05) is 51.1 Å². The van der Waals surface area contributed by atoms with E-state index in [0.717, 1.165) is 0 Å². The molecule has 0 aliphatic heterocycles. The second-order valence-electron chi connectivity index (χ2n) is 4.56. The number of ether oxygens (including phenoxy) is 1. The molecule has 1 aromatic carbocycles. The van der Waals surface area contributed by atoms with E-state index < -0.39 is 5.60 Å². The van der Waals surface area contributed by atoms with Crippen molar-refractivity contribution in [3.8, 4) is 0 Å². The number of hydrogen-bond acceptors (Lipinski definition) is 2. The van der Waals surface area contributed by atoms with Crippen molar-refractivity contribution < 1.29 is 9.84 Å². The normalized spacial score (nSPS) is 13.9. The Morgan fingerprint density at radius 1 is 1.27 bits per heavy atom. The highest BCUT2D eigenvalue weighted by Crippen LogP contribution is 2.16. The molecule has 0 radical (unpaired) electrons. The summed E-state index contributed by atoms with van der Waals surface area (Å²) < 4.78 is 5.55. The third-order valence-corrected chi connectivity index (χ3v) is 2.69. The number of rotatable bonds is 5. The van der Waals surface area contributed by atoms with Crippen LogP contribution < -0.4 is 0 Å². The topological polar surface area (TPSA) is 29.5 Å². The summed E-state index contributed by atoms with van der Waals surface area (Å²) in [5.74, 6) is 0.140. The smallest absolute Gasteiger partial charge is 0.0717 e. The Morgan fingerprint density at radius 2 is 1.87 bits per heavy atom. The van der Waals surface area contributed by atoms with Crippen molar-refractivity contribution >= 4 is 0 Å². The maximum absolute atomic E-state index is 9.70. The molecular formula is C13H20O2. The van der Waals surface area contributed by atoms with Crippen LogP contribution >= 0.6 is 0 Å². The largest absolute Gasteiger partial charge is 0.390 e. The van der Waals surface area contributed by atoms with Gasteiger partial charge in [-0.25, -0.2) is 0 Å². The van der Waals surface area contributed by atoms with E-state index >= 15 is 0 Å². The van der Waals surface area contributed by atoms with Gasteiger partial charge in [-0.05, 0) is 19.4 Å². The number of hydrogen-bond donors (Lipinski definition) is 1. The summed E-state index contributed by atoms with van der Waals surface area (Å²) in [5, 5.41) is 9.70. The first-order chi connectivity index (χ1) is 7.00. The molecule has 0 unspecified atom stereocenters. The van der Waals surface area contributed by atoms with Gasteiger partial charge in [0.15, 0.2) is 0 Å². The second-order valence-corrected chi connectivity index (χ2v) is 4.56. The van der Waals surface area contributed by atoms with E-state index in [-0.39, 0.29) is 5.92 Å². The summed E-state index contributed by atoms with van der Waals surface area (Å²) in [5.41, 5.74) is 0.497. The lowest BCUT2D eigenvalue weighted by molar-refractivity contribution is -0.0250. The Morgan fingerprint density at radius 3 is 2.40 bits per heavy atom. The van der Waals surface area contributed by atoms with Gasteiger partial charge in [-0.3, -0.25) is 0 Å². The summed E-state index contributed by atoms with van der Waals surface area (Å²) >= 11 is 0. The van der Waals surface area contributed by atoms with Crippen LogP contribution in [-0.4, -0.2) is 17.3 Å². The fourth-order valence-corrected chi connectivity index (χ4v) is 1.13. The molecule has 0 heterocycles. The van der Waals surface area contributed by atoms with Gasteiger partial charge in [0.25, 0.3) is 0 Å². The highest BCUT2D eigenvalue weighted by molar-refractivity contribution is 5.13. The van der Waals surface area contributed by atoms with Crippen molar-refractivity contribution in [2.75, 3.05) is 6.61 Å². The maximum atomic E-state index is 9.70. The molecule has 1 atom stereocenters. The van der Waals surface area contributed by atoms with Crippen LogP contribution in [0, 0.1) is 5.92 Å². The van der Waals surface area contributed by atoms with E-state index in [9.17, 15) is 5.11 Å². The lowest BCUT2D eigenvalue weighted by Gasteiger charge is -2.25. The Kier molecular flexibility index (Phi) is 4.30. The minimum absolute atomic E-state index is 0.140. The first-order valence-electron chi connectivity index (χ1n) is 5.34. The summed E-state index contributed by atoms with van der Waals surface area (Å²) in [6.45, 7) is 6.80. The zero-order valence-corrected chi connectivity index (χ0v) is 9.73. The van der Waals surface area contributed by atoms with Gasteiger partial charge in [0.1, 0.15) is 0 Å². The van der Waals surface area contributed by atoms with E-state index in [4.69, 9.17) is 4.74 Å². The number of benzene rings is 1. The van der Waals surface area contributed by atoms with Crippen LogP contribution in [0.15, 0.2) is 30.3 Å². The molecule has 1 N–H and O–H groups in total. The average molecular weight is 208 g/mol. The Bertz CT molecular complexity index is 274. The second kappa shape index (κ2) is 5.29. The first-order valence-corrected chi connectivity index (χ1v) is 5.34. The molecule has 84 valence electrons. The molecule has 1 rings (SSSR count). The monoisotopic (exact) mass is 208 g/mol. The highest BCUT2D eigenvalue weighted by atomic mass is 16.5. The van der Waals surface area contributed by atoms with Crippen LogP contribution in [0.5, 0.6) is 0 Å². The van der Waals surface area contributed by atoms with Crippen molar-refractivity contribution in [2.24, 2.45) is 5.92 Å². The molecule has 0 saturated heterocycles. The minimum Gasteiger partial charge on any atom is -0.390 e.